The van der Waals surface area contributed by atoms with Crippen LogP contribution in [0.5, 0.6) is 5.75 Å². The van der Waals surface area contributed by atoms with Crippen LogP contribution in [-0.4, -0.2) is 17.4 Å². The fourth-order valence-electron chi connectivity index (χ4n) is 1.34. The first-order chi connectivity index (χ1) is 7.81. The van der Waals surface area contributed by atoms with Crippen LogP contribution in [0.4, 0.5) is 0 Å². The van der Waals surface area contributed by atoms with Crippen LogP contribution >= 0.6 is 0 Å². The Labute approximate surface area is 92.9 Å². The Bertz CT molecular complexity index is 477. The summed E-state index contributed by atoms with van der Waals surface area (Å²) < 4.78 is 10.3. The highest BCUT2D eigenvalue weighted by Crippen LogP contribution is 2.15. The van der Waals surface area contributed by atoms with Gasteiger partial charge in [0.2, 0.25) is 5.78 Å². The largest absolute Gasteiger partial charge is 0.492 e. The number of hydrogen-bond donors (Lipinski definition) is 0. The fraction of sp³-hybridized carbons (Fsp3) is 0.167. The second-order valence-electron chi connectivity index (χ2n) is 3.15. The second-order valence-corrected chi connectivity index (χ2v) is 3.15. The summed E-state index contributed by atoms with van der Waals surface area (Å²) in [6.07, 6.45) is 4.53. The lowest BCUT2D eigenvalue weighted by Crippen LogP contribution is -2.01. The molecule has 0 N–H and O–H groups in total. The molecule has 16 heavy (non-hydrogen) atoms. The van der Waals surface area contributed by atoms with Gasteiger partial charge in [0.25, 0.3) is 0 Å². The molecule has 2 aromatic heterocycles. The summed E-state index contributed by atoms with van der Waals surface area (Å²) in [5.74, 6) is 0.689. The van der Waals surface area contributed by atoms with Crippen molar-refractivity contribution in [1.29, 1.82) is 0 Å². The second kappa shape index (κ2) is 4.61. The average molecular weight is 217 g/mol. The van der Waals surface area contributed by atoms with Gasteiger partial charge in [0.1, 0.15) is 5.75 Å². The standard InChI is InChI=1S/C12H11NO3/c1-2-15-10-6-9(7-13-8-10)12(14)11-4-3-5-16-11/h3-8H,2H2,1H3. The van der Waals surface area contributed by atoms with E-state index in [0.29, 0.717) is 23.7 Å². The Morgan fingerprint density at radius 2 is 2.38 bits per heavy atom. The fourth-order valence-corrected chi connectivity index (χ4v) is 1.34. The molecule has 0 atom stereocenters. The third-order valence-corrected chi connectivity index (χ3v) is 2.03. The van der Waals surface area contributed by atoms with Gasteiger partial charge >= 0.3 is 0 Å². The summed E-state index contributed by atoms with van der Waals surface area (Å²) >= 11 is 0. The molecule has 0 amide bonds. The summed E-state index contributed by atoms with van der Waals surface area (Å²) in [5, 5.41) is 0. The predicted octanol–water partition coefficient (Wildman–Crippen LogP) is 2.30. The number of rotatable bonds is 4. The minimum Gasteiger partial charge on any atom is -0.492 e. The molecule has 0 unspecified atom stereocenters. The SMILES string of the molecule is CCOc1cncc(C(=O)c2ccco2)c1. The van der Waals surface area contributed by atoms with Crippen LogP contribution in [0.15, 0.2) is 41.3 Å². The summed E-state index contributed by atoms with van der Waals surface area (Å²) in [4.78, 5) is 15.8. The Kier molecular flexibility index (Phi) is 3.00. The molecule has 0 aliphatic rings. The van der Waals surface area contributed by atoms with Crippen LogP contribution in [0.3, 0.4) is 0 Å². The van der Waals surface area contributed by atoms with Crippen molar-refractivity contribution < 1.29 is 13.9 Å². The molecule has 2 heterocycles. The van der Waals surface area contributed by atoms with Crippen molar-refractivity contribution >= 4 is 5.78 Å². The van der Waals surface area contributed by atoms with Gasteiger partial charge in [-0.05, 0) is 25.1 Å². The summed E-state index contributed by atoms with van der Waals surface area (Å²) in [6, 6.07) is 4.95. The summed E-state index contributed by atoms with van der Waals surface area (Å²) in [5.41, 5.74) is 0.459. The number of carbonyl (C=O) groups excluding carboxylic acids is 1. The highest BCUT2D eigenvalue weighted by atomic mass is 16.5. The van der Waals surface area contributed by atoms with Crippen LogP contribution in [0, 0.1) is 0 Å². The molecule has 0 radical (unpaired) electrons. The van der Waals surface area contributed by atoms with Crippen molar-refractivity contribution in [2.24, 2.45) is 0 Å². The van der Waals surface area contributed by atoms with E-state index in [9.17, 15) is 4.79 Å². The number of ketones is 1. The van der Waals surface area contributed by atoms with Crippen molar-refractivity contribution in [2.75, 3.05) is 6.61 Å². The van der Waals surface area contributed by atoms with Gasteiger partial charge < -0.3 is 9.15 Å². The van der Waals surface area contributed by atoms with E-state index in [1.165, 1.54) is 12.5 Å². The number of pyridine rings is 1. The predicted molar refractivity (Wildman–Crippen MR) is 57.5 cm³/mol. The third kappa shape index (κ3) is 2.11. The van der Waals surface area contributed by atoms with Gasteiger partial charge in [0.05, 0.1) is 19.1 Å². The van der Waals surface area contributed by atoms with Gasteiger partial charge in [-0.3, -0.25) is 9.78 Å². The van der Waals surface area contributed by atoms with Crippen LogP contribution in [0.1, 0.15) is 23.0 Å². The molecule has 0 bridgehead atoms. The van der Waals surface area contributed by atoms with Crippen LogP contribution in [-0.2, 0) is 0 Å². The Hall–Kier alpha value is -2.10. The molecule has 2 aromatic rings. The van der Waals surface area contributed by atoms with E-state index in [2.05, 4.69) is 4.98 Å². The zero-order chi connectivity index (χ0) is 11.4. The van der Waals surface area contributed by atoms with E-state index < -0.39 is 0 Å². The Morgan fingerprint density at radius 1 is 1.50 bits per heavy atom. The maximum atomic E-state index is 11.9. The zero-order valence-corrected chi connectivity index (χ0v) is 8.84. The van der Waals surface area contributed by atoms with E-state index >= 15 is 0 Å². The lowest BCUT2D eigenvalue weighted by Gasteiger charge is -2.03. The minimum atomic E-state index is -0.195. The third-order valence-electron chi connectivity index (χ3n) is 2.03. The Balaban J connectivity index is 2.27. The van der Waals surface area contributed by atoms with Crippen molar-refractivity contribution in [3.8, 4) is 5.75 Å². The van der Waals surface area contributed by atoms with Gasteiger partial charge in [0, 0.05) is 11.8 Å². The zero-order valence-electron chi connectivity index (χ0n) is 8.84. The average Bonchev–Trinajstić information content (AvgIpc) is 2.82. The molecule has 0 aromatic carbocycles. The number of furan rings is 1. The molecule has 4 heteroatoms. The maximum absolute atomic E-state index is 11.9. The van der Waals surface area contributed by atoms with Gasteiger partial charge in [0.15, 0.2) is 5.76 Å². The molecule has 0 fully saturated rings. The van der Waals surface area contributed by atoms with E-state index in [4.69, 9.17) is 9.15 Å². The van der Waals surface area contributed by atoms with Crippen LogP contribution in [0.2, 0.25) is 0 Å². The quantitative estimate of drug-likeness (QED) is 0.737. The van der Waals surface area contributed by atoms with Crippen LogP contribution in [0.25, 0.3) is 0 Å². The highest BCUT2D eigenvalue weighted by molar-refractivity contribution is 6.07. The van der Waals surface area contributed by atoms with Crippen molar-refractivity contribution in [3.05, 3.63) is 48.2 Å². The number of hydrogen-bond acceptors (Lipinski definition) is 4. The van der Waals surface area contributed by atoms with Crippen molar-refractivity contribution in [1.82, 2.24) is 4.98 Å². The number of aromatic nitrogens is 1. The number of ether oxygens (including phenoxy) is 1. The topological polar surface area (TPSA) is 52.3 Å². The normalized spacial score (nSPS) is 10.1. The van der Waals surface area contributed by atoms with Gasteiger partial charge in [-0.1, -0.05) is 0 Å². The molecule has 82 valence electrons. The van der Waals surface area contributed by atoms with Crippen LogP contribution < -0.4 is 4.74 Å². The molecule has 0 spiro atoms. The molecule has 4 nitrogen and oxygen atoms in total. The molecule has 0 saturated heterocycles. The lowest BCUT2D eigenvalue weighted by atomic mass is 10.1. The van der Waals surface area contributed by atoms with Gasteiger partial charge in [-0.15, -0.1) is 0 Å². The van der Waals surface area contributed by atoms with Gasteiger partial charge in [-0.2, -0.15) is 0 Å². The summed E-state index contributed by atoms with van der Waals surface area (Å²) in [7, 11) is 0. The molecule has 2 rings (SSSR count). The molecular formula is C12H11NO3. The number of nitrogens with zero attached hydrogens (tertiary/aromatic N) is 1. The first kappa shape index (κ1) is 10.4. The molecule has 0 aliphatic heterocycles. The molecular weight excluding hydrogens is 206 g/mol. The van der Waals surface area contributed by atoms with E-state index in [0.717, 1.165) is 0 Å². The first-order valence-electron chi connectivity index (χ1n) is 4.97. The minimum absolute atomic E-state index is 0.195. The lowest BCUT2D eigenvalue weighted by molar-refractivity contribution is 0.101. The van der Waals surface area contributed by atoms with E-state index in [-0.39, 0.29) is 5.78 Å². The highest BCUT2D eigenvalue weighted by Gasteiger charge is 2.12. The van der Waals surface area contributed by atoms with Crippen molar-refractivity contribution in [3.63, 3.8) is 0 Å². The molecule has 0 aliphatic carbocycles. The summed E-state index contributed by atoms with van der Waals surface area (Å²) in [6.45, 7) is 2.42. The smallest absolute Gasteiger partial charge is 0.229 e. The Morgan fingerprint density at radius 3 is 3.06 bits per heavy atom. The van der Waals surface area contributed by atoms with E-state index in [1.54, 1.807) is 24.4 Å². The monoisotopic (exact) mass is 217 g/mol. The maximum Gasteiger partial charge on any atom is 0.229 e. The van der Waals surface area contributed by atoms with E-state index in [1.807, 2.05) is 6.92 Å². The van der Waals surface area contributed by atoms with Gasteiger partial charge in [-0.25, -0.2) is 0 Å². The van der Waals surface area contributed by atoms with Crippen molar-refractivity contribution in [2.45, 2.75) is 6.92 Å². The first-order valence-corrected chi connectivity index (χ1v) is 4.97. The molecule has 0 saturated carbocycles. The number of carbonyl (C=O) groups is 1.